The van der Waals surface area contributed by atoms with E-state index >= 15 is 0 Å². The minimum atomic E-state index is 0. The Balaban J connectivity index is 0.00000480. The summed E-state index contributed by atoms with van der Waals surface area (Å²) in [4.78, 5) is 21.3. The predicted octanol–water partition coefficient (Wildman–Crippen LogP) is 0.320. The molecule has 0 saturated carbocycles. The number of thioether (sulfide) groups is 1. The first-order chi connectivity index (χ1) is 14.5. The third-order valence-corrected chi connectivity index (χ3v) is 5.73. The molecule has 12 heteroatoms. The Morgan fingerprint density at radius 1 is 1.19 bits per heavy atom. The maximum absolute atomic E-state index is 12.0. The third-order valence-electron chi connectivity index (χ3n) is 5.03. The molecule has 2 N–H and O–H groups in total. The number of aliphatic imine (C=N–C) groups is 1. The maximum atomic E-state index is 12.0. The monoisotopic (exact) mass is 568 g/mol. The molecule has 1 aromatic heterocycles. The van der Waals surface area contributed by atoms with Gasteiger partial charge in [0.05, 0.1) is 13.2 Å². The van der Waals surface area contributed by atoms with E-state index in [1.807, 2.05) is 30.3 Å². The van der Waals surface area contributed by atoms with Crippen LogP contribution in [0.15, 0.2) is 4.99 Å². The van der Waals surface area contributed by atoms with Crippen LogP contribution in [0.5, 0.6) is 0 Å². The lowest BCUT2D eigenvalue weighted by Crippen LogP contribution is -2.54. The highest BCUT2D eigenvalue weighted by atomic mass is 127. The molecule has 31 heavy (non-hydrogen) atoms. The quantitative estimate of drug-likeness (QED) is 0.171. The molecule has 1 saturated heterocycles. The van der Waals surface area contributed by atoms with Gasteiger partial charge < -0.3 is 24.8 Å². The average molecular weight is 569 g/mol. The summed E-state index contributed by atoms with van der Waals surface area (Å²) >= 11 is 1.85. The van der Waals surface area contributed by atoms with Gasteiger partial charge in [0.25, 0.3) is 0 Å². The SMILES string of the molecule is COCCNC(=O)CN1CCN(C(=NCc2nnc(C)n2C)NCCCSC)CC1.I. The Morgan fingerprint density at radius 3 is 2.55 bits per heavy atom. The Kier molecular flexibility index (Phi) is 14.1. The number of methoxy groups -OCH3 is 1. The number of hydrogen-bond donors (Lipinski definition) is 2. The van der Waals surface area contributed by atoms with Crippen LogP contribution in [0.3, 0.4) is 0 Å². The van der Waals surface area contributed by atoms with Crippen molar-refractivity contribution in [2.24, 2.45) is 12.0 Å². The largest absolute Gasteiger partial charge is 0.383 e. The maximum Gasteiger partial charge on any atom is 0.234 e. The predicted molar refractivity (Wildman–Crippen MR) is 136 cm³/mol. The molecule has 0 atom stereocenters. The van der Waals surface area contributed by atoms with Gasteiger partial charge in [-0.3, -0.25) is 9.69 Å². The number of aromatic nitrogens is 3. The van der Waals surface area contributed by atoms with E-state index < -0.39 is 0 Å². The lowest BCUT2D eigenvalue weighted by molar-refractivity contribution is -0.122. The van der Waals surface area contributed by atoms with Gasteiger partial charge in [-0.2, -0.15) is 11.8 Å². The molecule has 178 valence electrons. The van der Waals surface area contributed by atoms with Crippen molar-refractivity contribution < 1.29 is 9.53 Å². The first-order valence-corrected chi connectivity index (χ1v) is 11.8. The number of nitrogens with one attached hydrogen (secondary N) is 2. The zero-order valence-corrected chi connectivity index (χ0v) is 22.2. The van der Waals surface area contributed by atoms with Crippen LogP contribution in [0.25, 0.3) is 0 Å². The highest BCUT2D eigenvalue weighted by Gasteiger charge is 2.21. The normalized spacial score (nSPS) is 15.0. The molecular weight excluding hydrogens is 531 g/mol. The van der Waals surface area contributed by atoms with Crippen LogP contribution in [-0.4, -0.2) is 108 Å². The molecule has 0 aromatic carbocycles. The van der Waals surface area contributed by atoms with Crippen molar-refractivity contribution in [2.75, 3.05) is 71.5 Å². The fourth-order valence-corrected chi connectivity index (χ4v) is 3.52. The van der Waals surface area contributed by atoms with Crippen LogP contribution >= 0.6 is 35.7 Å². The number of rotatable bonds is 11. The summed E-state index contributed by atoms with van der Waals surface area (Å²) < 4.78 is 6.93. The van der Waals surface area contributed by atoms with E-state index in [4.69, 9.17) is 9.73 Å². The van der Waals surface area contributed by atoms with Crippen LogP contribution in [0.4, 0.5) is 0 Å². The van der Waals surface area contributed by atoms with Gasteiger partial charge in [-0.15, -0.1) is 34.2 Å². The molecule has 10 nitrogen and oxygen atoms in total. The second kappa shape index (κ2) is 15.6. The fraction of sp³-hybridized carbons (Fsp3) is 0.789. The molecule has 2 rings (SSSR count). The number of carbonyl (C=O) groups is 1. The van der Waals surface area contributed by atoms with E-state index in [1.54, 1.807) is 7.11 Å². The summed E-state index contributed by atoms with van der Waals surface area (Å²) in [5.41, 5.74) is 0. The number of ether oxygens (including phenoxy) is 1. The van der Waals surface area contributed by atoms with Gasteiger partial charge in [0, 0.05) is 53.4 Å². The summed E-state index contributed by atoms with van der Waals surface area (Å²) in [6, 6.07) is 0. The van der Waals surface area contributed by atoms with Crippen LogP contribution < -0.4 is 10.6 Å². The zero-order chi connectivity index (χ0) is 21.8. The molecule has 0 bridgehead atoms. The molecular formula is C19H37IN8O2S. The van der Waals surface area contributed by atoms with E-state index in [1.165, 1.54) is 0 Å². The number of nitrogens with zero attached hydrogens (tertiary/aromatic N) is 6. The average Bonchev–Trinajstić information content (AvgIpc) is 3.06. The second-order valence-electron chi connectivity index (χ2n) is 7.24. The first kappa shape index (κ1) is 27.9. The number of carbonyl (C=O) groups excluding carboxylic acids is 1. The smallest absolute Gasteiger partial charge is 0.234 e. The molecule has 0 spiro atoms. The molecule has 1 aliphatic heterocycles. The molecule has 0 radical (unpaired) electrons. The van der Waals surface area contributed by atoms with Gasteiger partial charge in [-0.25, -0.2) is 4.99 Å². The fourth-order valence-electron chi connectivity index (χ4n) is 3.09. The summed E-state index contributed by atoms with van der Waals surface area (Å²) in [6.45, 7) is 8.13. The van der Waals surface area contributed by atoms with Crippen LogP contribution in [0.2, 0.25) is 0 Å². The van der Waals surface area contributed by atoms with E-state index in [2.05, 4.69) is 36.9 Å². The topological polar surface area (TPSA) is 99.9 Å². The van der Waals surface area contributed by atoms with Crippen molar-refractivity contribution in [3.05, 3.63) is 11.6 Å². The molecule has 0 aliphatic carbocycles. The highest BCUT2D eigenvalue weighted by molar-refractivity contribution is 14.0. The van der Waals surface area contributed by atoms with Crippen molar-refractivity contribution in [3.8, 4) is 0 Å². The number of aryl methyl sites for hydroxylation is 1. The van der Waals surface area contributed by atoms with E-state index in [0.29, 0.717) is 26.2 Å². The van der Waals surface area contributed by atoms with Gasteiger partial charge in [0.2, 0.25) is 5.91 Å². The first-order valence-electron chi connectivity index (χ1n) is 10.4. The number of guanidine groups is 1. The van der Waals surface area contributed by atoms with Crippen molar-refractivity contribution in [1.29, 1.82) is 0 Å². The molecule has 1 aromatic rings. The second-order valence-corrected chi connectivity index (χ2v) is 8.23. The molecule has 1 fully saturated rings. The molecule has 1 aliphatic rings. The number of amides is 1. The van der Waals surface area contributed by atoms with Crippen LogP contribution in [0, 0.1) is 6.92 Å². The van der Waals surface area contributed by atoms with Gasteiger partial charge in [0.1, 0.15) is 12.4 Å². The minimum Gasteiger partial charge on any atom is -0.383 e. The lowest BCUT2D eigenvalue weighted by Gasteiger charge is -2.36. The third kappa shape index (κ3) is 9.91. The molecule has 2 heterocycles. The zero-order valence-electron chi connectivity index (χ0n) is 19.1. The van der Waals surface area contributed by atoms with E-state index in [9.17, 15) is 4.79 Å². The van der Waals surface area contributed by atoms with Gasteiger partial charge in [-0.05, 0) is 25.4 Å². The van der Waals surface area contributed by atoms with Crippen molar-refractivity contribution >= 4 is 47.6 Å². The Labute approximate surface area is 207 Å². The highest BCUT2D eigenvalue weighted by Crippen LogP contribution is 2.05. The summed E-state index contributed by atoms with van der Waals surface area (Å²) in [7, 11) is 3.59. The lowest BCUT2D eigenvalue weighted by atomic mass is 10.3. The summed E-state index contributed by atoms with van der Waals surface area (Å²) in [5, 5.41) is 14.7. The van der Waals surface area contributed by atoms with E-state index in [0.717, 1.165) is 62.5 Å². The Hall–Kier alpha value is -1.12. The van der Waals surface area contributed by atoms with Crippen LogP contribution in [0.1, 0.15) is 18.1 Å². The molecule has 1 amide bonds. The standard InChI is InChI=1S/C19H36N8O2S.HI/c1-16-23-24-17(25(16)2)14-22-19(21-6-5-13-30-4)27-10-8-26(9-11-27)15-18(28)20-7-12-29-3;/h5-15H2,1-4H3,(H,20,28)(H,21,22);1H. The van der Waals surface area contributed by atoms with Crippen molar-refractivity contribution in [1.82, 2.24) is 35.2 Å². The summed E-state index contributed by atoms with van der Waals surface area (Å²) in [6.07, 6.45) is 3.21. The van der Waals surface area contributed by atoms with Crippen molar-refractivity contribution in [3.63, 3.8) is 0 Å². The van der Waals surface area contributed by atoms with E-state index in [-0.39, 0.29) is 29.9 Å². The minimum absolute atomic E-state index is 0. The molecule has 0 unspecified atom stereocenters. The van der Waals surface area contributed by atoms with Crippen LogP contribution in [-0.2, 0) is 23.1 Å². The number of hydrogen-bond acceptors (Lipinski definition) is 7. The van der Waals surface area contributed by atoms with Gasteiger partial charge in [-0.1, -0.05) is 0 Å². The number of piperazine rings is 1. The number of halogens is 1. The van der Waals surface area contributed by atoms with Crippen molar-refractivity contribution in [2.45, 2.75) is 19.9 Å². The Morgan fingerprint density at radius 2 is 1.94 bits per heavy atom. The van der Waals surface area contributed by atoms with Gasteiger partial charge in [0.15, 0.2) is 11.8 Å². The van der Waals surface area contributed by atoms with Gasteiger partial charge >= 0.3 is 0 Å². The Bertz CT molecular complexity index is 680. The summed E-state index contributed by atoms with van der Waals surface area (Å²) in [5.74, 6) is 3.80.